The zero-order valence-corrected chi connectivity index (χ0v) is 11.1. The highest BCUT2D eigenvalue weighted by Crippen LogP contribution is 2.19. The molecule has 1 aliphatic rings. The fourth-order valence-corrected chi connectivity index (χ4v) is 3.49. The van der Waals surface area contributed by atoms with Gasteiger partial charge in [-0.2, -0.15) is 4.31 Å². The molecule has 0 aliphatic carbocycles. The lowest BCUT2D eigenvalue weighted by molar-refractivity contribution is 0.350. The standard InChI is InChI=1S/C13H14FNO3S/c14-13-5-4-12(11(9-13)3-1-7-16)10-15-6-2-8-19(15,17)18/h4-5,9,16H,2,6-8,10H2. The van der Waals surface area contributed by atoms with Crippen LogP contribution in [0.5, 0.6) is 0 Å². The van der Waals surface area contributed by atoms with Crippen molar-refractivity contribution in [2.45, 2.75) is 13.0 Å². The van der Waals surface area contributed by atoms with Crippen LogP contribution in [0.15, 0.2) is 18.2 Å². The Labute approximate surface area is 111 Å². The van der Waals surface area contributed by atoms with Crippen molar-refractivity contribution in [2.24, 2.45) is 0 Å². The maximum absolute atomic E-state index is 13.2. The Morgan fingerprint density at radius 2 is 2.21 bits per heavy atom. The third kappa shape index (κ3) is 3.32. The van der Waals surface area contributed by atoms with Crippen molar-refractivity contribution in [3.8, 4) is 11.8 Å². The quantitative estimate of drug-likeness (QED) is 0.813. The number of hydrogen-bond donors (Lipinski definition) is 1. The number of sulfonamides is 1. The normalized spacial score (nSPS) is 18.0. The van der Waals surface area contributed by atoms with E-state index in [0.717, 1.165) is 0 Å². The summed E-state index contributed by atoms with van der Waals surface area (Å²) in [5.41, 5.74) is 1.06. The molecule has 4 nitrogen and oxygen atoms in total. The summed E-state index contributed by atoms with van der Waals surface area (Å²) >= 11 is 0. The SMILES string of the molecule is O=S1(=O)CCCN1Cc1ccc(F)cc1C#CCO. The van der Waals surface area contributed by atoms with Gasteiger partial charge in [0, 0.05) is 18.7 Å². The first-order valence-electron chi connectivity index (χ1n) is 5.89. The Kier molecular flexibility index (Phi) is 4.20. The molecule has 1 N–H and O–H groups in total. The summed E-state index contributed by atoms with van der Waals surface area (Å²) in [6.45, 7) is 0.350. The molecule has 2 rings (SSSR count). The van der Waals surface area contributed by atoms with Crippen molar-refractivity contribution in [1.29, 1.82) is 0 Å². The van der Waals surface area contributed by atoms with Gasteiger partial charge < -0.3 is 5.11 Å². The highest BCUT2D eigenvalue weighted by molar-refractivity contribution is 7.89. The Bertz CT molecular complexity index is 631. The number of rotatable bonds is 2. The van der Waals surface area contributed by atoms with Gasteiger partial charge in [-0.3, -0.25) is 0 Å². The van der Waals surface area contributed by atoms with Crippen LogP contribution in [0.4, 0.5) is 4.39 Å². The molecule has 1 aromatic rings. The van der Waals surface area contributed by atoms with E-state index in [-0.39, 0.29) is 18.9 Å². The first kappa shape index (κ1) is 14.0. The van der Waals surface area contributed by atoms with Gasteiger partial charge in [0.15, 0.2) is 0 Å². The minimum absolute atomic E-state index is 0.159. The van der Waals surface area contributed by atoms with E-state index >= 15 is 0 Å². The van der Waals surface area contributed by atoms with Crippen molar-refractivity contribution in [3.05, 3.63) is 35.1 Å². The van der Waals surface area contributed by atoms with Gasteiger partial charge in [-0.1, -0.05) is 17.9 Å². The lowest BCUT2D eigenvalue weighted by atomic mass is 10.1. The average molecular weight is 283 g/mol. The minimum Gasteiger partial charge on any atom is -0.384 e. The maximum Gasteiger partial charge on any atom is 0.214 e. The molecule has 1 fully saturated rings. The summed E-state index contributed by atoms with van der Waals surface area (Å²) in [6, 6.07) is 4.06. The molecule has 102 valence electrons. The molecule has 0 unspecified atom stereocenters. The van der Waals surface area contributed by atoms with Gasteiger partial charge in [0.2, 0.25) is 10.0 Å². The Morgan fingerprint density at radius 1 is 1.42 bits per heavy atom. The second-order valence-electron chi connectivity index (χ2n) is 4.26. The summed E-state index contributed by atoms with van der Waals surface area (Å²) in [7, 11) is -3.19. The fraction of sp³-hybridized carbons (Fsp3) is 0.385. The van der Waals surface area contributed by atoms with Crippen LogP contribution in [-0.4, -0.2) is 36.7 Å². The molecule has 0 atom stereocenters. The molecular formula is C13H14FNO3S. The van der Waals surface area contributed by atoms with Crippen LogP contribution < -0.4 is 0 Å². The second kappa shape index (κ2) is 5.70. The molecule has 0 spiro atoms. The minimum atomic E-state index is -3.19. The van der Waals surface area contributed by atoms with Gasteiger partial charge in [0.1, 0.15) is 12.4 Å². The van der Waals surface area contributed by atoms with Crippen LogP contribution >= 0.6 is 0 Å². The predicted octanol–water partition coefficient (Wildman–Crippen LogP) is 0.705. The van der Waals surface area contributed by atoms with E-state index in [1.807, 2.05) is 0 Å². The second-order valence-corrected chi connectivity index (χ2v) is 6.35. The highest BCUT2D eigenvalue weighted by Gasteiger charge is 2.28. The van der Waals surface area contributed by atoms with Gasteiger partial charge in [0.25, 0.3) is 0 Å². The smallest absolute Gasteiger partial charge is 0.214 e. The molecule has 1 saturated heterocycles. The van der Waals surface area contributed by atoms with E-state index in [0.29, 0.717) is 24.1 Å². The van der Waals surface area contributed by atoms with Crippen LogP contribution in [0, 0.1) is 17.7 Å². The first-order valence-corrected chi connectivity index (χ1v) is 7.50. The van der Waals surface area contributed by atoms with Gasteiger partial charge in [-0.25, -0.2) is 12.8 Å². The highest BCUT2D eigenvalue weighted by atomic mass is 32.2. The molecule has 6 heteroatoms. The molecule has 0 bridgehead atoms. The topological polar surface area (TPSA) is 57.6 Å². The number of halogens is 1. The summed E-state index contributed by atoms with van der Waals surface area (Å²) in [5.74, 6) is 4.82. The molecule has 0 radical (unpaired) electrons. The van der Waals surface area contributed by atoms with Crippen LogP contribution in [-0.2, 0) is 16.6 Å². The number of aliphatic hydroxyl groups is 1. The summed E-state index contributed by atoms with van der Waals surface area (Å²) < 4.78 is 38.0. The van der Waals surface area contributed by atoms with Crippen molar-refractivity contribution in [1.82, 2.24) is 4.31 Å². The van der Waals surface area contributed by atoms with Crippen LogP contribution in [0.2, 0.25) is 0 Å². The summed E-state index contributed by atoms with van der Waals surface area (Å²) in [5, 5.41) is 8.68. The van der Waals surface area contributed by atoms with Gasteiger partial charge in [-0.15, -0.1) is 0 Å². The van der Waals surface area contributed by atoms with Crippen LogP contribution in [0.3, 0.4) is 0 Å². The summed E-state index contributed by atoms with van der Waals surface area (Å²) in [6.07, 6.45) is 0.612. The molecule has 0 amide bonds. The number of nitrogens with zero attached hydrogens (tertiary/aromatic N) is 1. The molecule has 0 aromatic heterocycles. The van der Waals surface area contributed by atoms with E-state index in [1.54, 1.807) is 0 Å². The third-order valence-electron chi connectivity index (χ3n) is 2.92. The maximum atomic E-state index is 13.2. The van der Waals surface area contributed by atoms with E-state index in [9.17, 15) is 12.8 Å². The van der Waals surface area contributed by atoms with Crippen molar-refractivity contribution in [3.63, 3.8) is 0 Å². The largest absolute Gasteiger partial charge is 0.384 e. The molecule has 1 heterocycles. The molecule has 19 heavy (non-hydrogen) atoms. The van der Waals surface area contributed by atoms with E-state index in [1.165, 1.54) is 22.5 Å². The van der Waals surface area contributed by atoms with Gasteiger partial charge in [0.05, 0.1) is 5.75 Å². The number of aliphatic hydroxyl groups excluding tert-OH is 1. The summed E-state index contributed by atoms with van der Waals surface area (Å²) in [4.78, 5) is 0. The zero-order chi connectivity index (χ0) is 13.9. The van der Waals surface area contributed by atoms with E-state index in [4.69, 9.17) is 5.11 Å². The lowest BCUT2D eigenvalue weighted by Crippen LogP contribution is -2.25. The Morgan fingerprint density at radius 3 is 2.84 bits per heavy atom. The monoisotopic (exact) mass is 283 g/mol. The molecule has 0 saturated carbocycles. The third-order valence-corrected chi connectivity index (χ3v) is 4.83. The van der Waals surface area contributed by atoms with Gasteiger partial charge >= 0.3 is 0 Å². The predicted molar refractivity (Wildman–Crippen MR) is 69.2 cm³/mol. The van der Waals surface area contributed by atoms with Crippen LogP contribution in [0.25, 0.3) is 0 Å². The van der Waals surface area contributed by atoms with Crippen molar-refractivity contribution in [2.75, 3.05) is 18.9 Å². The Hall–Kier alpha value is -1.42. The van der Waals surface area contributed by atoms with E-state index < -0.39 is 15.8 Å². The molecular weight excluding hydrogens is 269 g/mol. The first-order chi connectivity index (χ1) is 9.03. The Balaban J connectivity index is 2.29. The van der Waals surface area contributed by atoms with Crippen molar-refractivity contribution < 1.29 is 17.9 Å². The molecule has 1 aliphatic heterocycles. The van der Waals surface area contributed by atoms with Gasteiger partial charge in [-0.05, 0) is 24.1 Å². The molecule has 1 aromatic carbocycles. The number of benzene rings is 1. The lowest BCUT2D eigenvalue weighted by Gasteiger charge is -2.15. The fourth-order valence-electron chi connectivity index (χ4n) is 2.00. The zero-order valence-electron chi connectivity index (χ0n) is 10.3. The van der Waals surface area contributed by atoms with Crippen LogP contribution in [0.1, 0.15) is 17.5 Å². The average Bonchev–Trinajstić information content (AvgIpc) is 2.69. The van der Waals surface area contributed by atoms with Crippen molar-refractivity contribution >= 4 is 10.0 Å². The van der Waals surface area contributed by atoms with E-state index in [2.05, 4.69) is 11.8 Å². The number of hydrogen-bond acceptors (Lipinski definition) is 3.